The van der Waals surface area contributed by atoms with Crippen LogP contribution >= 0.6 is 23.4 Å². The van der Waals surface area contributed by atoms with Crippen molar-refractivity contribution < 1.29 is 19.4 Å². The quantitative estimate of drug-likeness (QED) is 0.491. The smallest absolute Gasteiger partial charge is 0.320 e. The maximum Gasteiger partial charge on any atom is 0.320 e. The van der Waals surface area contributed by atoms with Crippen molar-refractivity contribution in [1.29, 1.82) is 0 Å². The van der Waals surface area contributed by atoms with Gasteiger partial charge in [-0.1, -0.05) is 35.9 Å². The van der Waals surface area contributed by atoms with Crippen molar-refractivity contribution in [3.05, 3.63) is 58.1 Å². The first-order chi connectivity index (χ1) is 14.0. The van der Waals surface area contributed by atoms with Gasteiger partial charge in [0.2, 0.25) is 0 Å². The molecule has 0 amide bonds. The first kappa shape index (κ1) is 23.4. The Morgan fingerprint density at radius 1 is 1.28 bits per heavy atom. The Balaban J connectivity index is 2.14. The molecule has 0 aliphatic heterocycles. The number of aryl methyl sites for hydroxylation is 1. The summed E-state index contributed by atoms with van der Waals surface area (Å²) in [6.45, 7) is 5.17. The van der Waals surface area contributed by atoms with Gasteiger partial charge in [0.05, 0.1) is 11.6 Å². The van der Waals surface area contributed by atoms with E-state index in [0.29, 0.717) is 42.7 Å². The predicted molar refractivity (Wildman–Crippen MR) is 119 cm³/mol. The zero-order valence-corrected chi connectivity index (χ0v) is 18.6. The Hall–Kier alpha value is -1.89. The van der Waals surface area contributed by atoms with Crippen LogP contribution in [0.4, 0.5) is 0 Å². The molecule has 1 atom stereocenters. The van der Waals surface area contributed by atoms with Gasteiger partial charge in [-0.3, -0.25) is 4.79 Å². The molecule has 2 N–H and O–H groups in total. The Bertz CT molecular complexity index is 815. The van der Waals surface area contributed by atoms with E-state index in [1.165, 1.54) is 0 Å². The number of thioether (sulfide) groups is 1. The van der Waals surface area contributed by atoms with Crippen molar-refractivity contribution in [2.45, 2.75) is 39.5 Å². The number of hydrogen-bond acceptors (Lipinski definition) is 5. The van der Waals surface area contributed by atoms with Crippen LogP contribution in [0.1, 0.15) is 30.0 Å². The highest BCUT2D eigenvalue weighted by Gasteiger charge is 2.18. The van der Waals surface area contributed by atoms with E-state index >= 15 is 0 Å². The minimum absolute atomic E-state index is 0.378. The second-order valence-corrected chi connectivity index (χ2v) is 8.00. The summed E-state index contributed by atoms with van der Waals surface area (Å²) in [7, 11) is 0. The molecule has 2 aromatic rings. The fourth-order valence-corrected chi connectivity index (χ4v) is 3.60. The number of ether oxygens (including phenoxy) is 2. The minimum Gasteiger partial charge on any atom is -0.490 e. The summed E-state index contributed by atoms with van der Waals surface area (Å²) < 4.78 is 11.7. The average molecular weight is 438 g/mol. The van der Waals surface area contributed by atoms with Crippen LogP contribution < -0.4 is 14.8 Å². The van der Waals surface area contributed by atoms with Crippen molar-refractivity contribution in [2.75, 3.05) is 18.6 Å². The molecule has 0 heterocycles. The van der Waals surface area contributed by atoms with E-state index in [1.807, 2.05) is 50.4 Å². The minimum atomic E-state index is -0.853. The Kier molecular flexibility index (Phi) is 9.64. The number of benzene rings is 2. The van der Waals surface area contributed by atoms with Gasteiger partial charge in [0.25, 0.3) is 0 Å². The topological polar surface area (TPSA) is 67.8 Å². The molecule has 2 aromatic carbocycles. The van der Waals surface area contributed by atoms with Gasteiger partial charge < -0.3 is 19.9 Å². The lowest BCUT2D eigenvalue weighted by atomic mass is 10.1. The van der Waals surface area contributed by atoms with Gasteiger partial charge >= 0.3 is 5.97 Å². The number of nitrogens with one attached hydrogen (secondary N) is 1. The first-order valence-electron chi connectivity index (χ1n) is 9.53. The maximum absolute atomic E-state index is 11.4. The lowest BCUT2D eigenvalue weighted by Crippen LogP contribution is -2.36. The third kappa shape index (κ3) is 7.14. The molecule has 2 rings (SSSR count). The number of aliphatic carboxylic acids is 1. The summed E-state index contributed by atoms with van der Waals surface area (Å²) in [6, 6.07) is 11.1. The van der Waals surface area contributed by atoms with Crippen molar-refractivity contribution in [1.82, 2.24) is 5.32 Å². The van der Waals surface area contributed by atoms with Crippen molar-refractivity contribution >= 4 is 29.3 Å². The molecule has 0 spiro atoms. The zero-order valence-electron chi connectivity index (χ0n) is 17.0. The number of hydrogen-bond donors (Lipinski definition) is 2. The summed E-state index contributed by atoms with van der Waals surface area (Å²) in [6.07, 6.45) is 2.52. The molecule has 0 aliphatic carbocycles. The number of rotatable bonds is 12. The fraction of sp³-hybridized carbons (Fsp3) is 0.409. The van der Waals surface area contributed by atoms with Gasteiger partial charge in [-0.2, -0.15) is 11.8 Å². The third-order valence-corrected chi connectivity index (χ3v) is 5.39. The molecule has 29 heavy (non-hydrogen) atoms. The molecular weight excluding hydrogens is 410 g/mol. The van der Waals surface area contributed by atoms with E-state index in [2.05, 4.69) is 5.32 Å². The fourth-order valence-electron chi connectivity index (χ4n) is 2.84. The predicted octanol–water partition coefficient (Wildman–Crippen LogP) is 4.92. The van der Waals surface area contributed by atoms with Crippen LogP contribution in [0.25, 0.3) is 0 Å². The number of carboxylic acids is 1. The molecule has 0 aromatic heterocycles. The average Bonchev–Trinajstić information content (AvgIpc) is 2.68. The van der Waals surface area contributed by atoms with E-state index in [0.717, 1.165) is 22.4 Å². The number of carboxylic acid groups (broad SMARTS) is 1. The lowest BCUT2D eigenvalue weighted by molar-refractivity contribution is -0.139. The molecule has 0 aliphatic rings. The molecule has 0 bridgehead atoms. The summed E-state index contributed by atoms with van der Waals surface area (Å²) in [5.74, 6) is 0.980. The molecular formula is C22H28ClNO4S. The van der Waals surface area contributed by atoms with E-state index in [4.69, 9.17) is 21.1 Å². The number of halogens is 1. The van der Waals surface area contributed by atoms with Crippen LogP contribution in [-0.4, -0.2) is 35.7 Å². The monoisotopic (exact) mass is 437 g/mol. The first-order valence-corrected chi connectivity index (χ1v) is 11.3. The van der Waals surface area contributed by atoms with Crippen LogP contribution in [0.15, 0.2) is 36.4 Å². The standard InChI is InChI=1S/C22H28ClNO4S/c1-4-27-20-12-16(13-24-19(22(25)26)9-10-29-3)11-18(23)21(20)28-14-17-8-6-5-7-15(17)2/h5-8,11-12,19,24H,4,9-10,13-14H2,1-3H3,(H,25,26). The van der Waals surface area contributed by atoms with Gasteiger partial charge in [0, 0.05) is 6.54 Å². The second kappa shape index (κ2) is 12.0. The van der Waals surface area contributed by atoms with E-state index < -0.39 is 12.0 Å². The highest BCUT2D eigenvalue weighted by molar-refractivity contribution is 7.98. The number of carbonyl (C=O) groups is 1. The maximum atomic E-state index is 11.4. The second-order valence-electron chi connectivity index (χ2n) is 6.61. The van der Waals surface area contributed by atoms with E-state index in [-0.39, 0.29) is 0 Å². The van der Waals surface area contributed by atoms with Crippen LogP contribution in [-0.2, 0) is 17.9 Å². The summed E-state index contributed by atoms with van der Waals surface area (Å²) in [5.41, 5.74) is 3.07. The highest BCUT2D eigenvalue weighted by Crippen LogP contribution is 2.37. The third-order valence-electron chi connectivity index (χ3n) is 4.46. The Morgan fingerprint density at radius 3 is 2.69 bits per heavy atom. The molecule has 0 saturated carbocycles. The normalized spacial score (nSPS) is 11.9. The zero-order chi connectivity index (χ0) is 21.2. The van der Waals surface area contributed by atoms with Gasteiger partial charge in [-0.25, -0.2) is 0 Å². The molecule has 0 saturated heterocycles. The molecule has 0 fully saturated rings. The summed E-state index contributed by atoms with van der Waals surface area (Å²) in [4.78, 5) is 11.4. The summed E-state index contributed by atoms with van der Waals surface area (Å²) in [5, 5.41) is 12.9. The van der Waals surface area contributed by atoms with Gasteiger partial charge in [0.15, 0.2) is 11.5 Å². The van der Waals surface area contributed by atoms with Crippen molar-refractivity contribution in [3.63, 3.8) is 0 Å². The van der Waals surface area contributed by atoms with E-state index in [9.17, 15) is 9.90 Å². The van der Waals surface area contributed by atoms with Gasteiger partial charge in [-0.15, -0.1) is 0 Å². The Morgan fingerprint density at radius 2 is 2.03 bits per heavy atom. The van der Waals surface area contributed by atoms with Gasteiger partial charge in [0.1, 0.15) is 12.6 Å². The SMILES string of the molecule is CCOc1cc(CNC(CCSC)C(=O)O)cc(Cl)c1OCc1ccccc1C. The molecule has 1 unspecified atom stereocenters. The van der Waals surface area contributed by atoms with Gasteiger partial charge in [-0.05, 0) is 61.1 Å². The summed E-state index contributed by atoms with van der Waals surface area (Å²) >= 11 is 8.11. The largest absolute Gasteiger partial charge is 0.490 e. The van der Waals surface area contributed by atoms with Crippen LogP contribution in [0.2, 0.25) is 5.02 Å². The highest BCUT2D eigenvalue weighted by atomic mass is 35.5. The van der Waals surface area contributed by atoms with Crippen LogP contribution in [0.3, 0.4) is 0 Å². The van der Waals surface area contributed by atoms with Crippen molar-refractivity contribution in [2.24, 2.45) is 0 Å². The Labute approximate surface area is 181 Å². The van der Waals surface area contributed by atoms with Crippen LogP contribution in [0.5, 0.6) is 11.5 Å². The van der Waals surface area contributed by atoms with Crippen molar-refractivity contribution in [3.8, 4) is 11.5 Å². The van der Waals surface area contributed by atoms with Crippen LogP contribution in [0, 0.1) is 6.92 Å². The van der Waals surface area contributed by atoms with E-state index in [1.54, 1.807) is 17.8 Å². The molecule has 7 heteroatoms. The lowest BCUT2D eigenvalue weighted by Gasteiger charge is -2.18. The molecule has 158 valence electrons. The molecule has 0 radical (unpaired) electrons. The molecule has 5 nitrogen and oxygen atoms in total.